The third-order valence-corrected chi connectivity index (χ3v) is 5.51. The SMILES string of the molecule is NS(=O)(=O)NCCCC[C@@H](NC(=O)OCc1ccccc1)C(=O)Nc1cnc2ccccc2c1. The minimum absolute atomic E-state index is 0.0634. The molecule has 11 heteroatoms. The summed E-state index contributed by atoms with van der Waals surface area (Å²) >= 11 is 0. The van der Waals surface area contributed by atoms with Crippen molar-refractivity contribution in [2.24, 2.45) is 5.14 Å². The molecule has 0 radical (unpaired) electrons. The molecule has 0 bridgehead atoms. The number of anilines is 1. The van der Waals surface area contributed by atoms with E-state index in [-0.39, 0.29) is 19.6 Å². The molecular formula is C23H27N5O5S. The number of ether oxygens (including phenoxy) is 1. The zero-order valence-corrected chi connectivity index (χ0v) is 19.3. The van der Waals surface area contributed by atoms with Gasteiger partial charge in [0.25, 0.3) is 10.2 Å². The molecule has 3 aromatic rings. The maximum Gasteiger partial charge on any atom is 0.408 e. The third kappa shape index (κ3) is 8.43. The molecule has 0 aliphatic heterocycles. The molecule has 0 aliphatic carbocycles. The van der Waals surface area contributed by atoms with E-state index in [1.165, 1.54) is 0 Å². The summed E-state index contributed by atoms with van der Waals surface area (Å²) in [7, 11) is -3.78. The second-order valence-corrected chi connectivity index (χ2v) is 8.98. The summed E-state index contributed by atoms with van der Waals surface area (Å²) in [6, 6.07) is 17.6. The molecule has 34 heavy (non-hydrogen) atoms. The Morgan fingerprint density at radius 1 is 1.03 bits per heavy atom. The van der Waals surface area contributed by atoms with Gasteiger partial charge in [-0.25, -0.2) is 14.7 Å². The lowest BCUT2D eigenvalue weighted by atomic mass is 10.1. The number of amides is 2. The topological polar surface area (TPSA) is 153 Å². The van der Waals surface area contributed by atoms with E-state index in [4.69, 9.17) is 9.88 Å². The number of carbonyl (C=O) groups excluding carboxylic acids is 2. The average molecular weight is 486 g/mol. The van der Waals surface area contributed by atoms with Crippen LogP contribution in [0.25, 0.3) is 10.9 Å². The molecule has 5 N–H and O–H groups in total. The van der Waals surface area contributed by atoms with Gasteiger partial charge < -0.3 is 15.4 Å². The van der Waals surface area contributed by atoms with Crippen LogP contribution in [0.4, 0.5) is 10.5 Å². The number of nitrogens with zero attached hydrogens (tertiary/aromatic N) is 1. The minimum atomic E-state index is -3.78. The van der Waals surface area contributed by atoms with Crippen LogP contribution < -0.4 is 20.5 Å². The smallest absolute Gasteiger partial charge is 0.408 e. The van der Waals surface area contributed by atoms with Gasteiger partial charge in [-0.1, -0.05) is 48.5 Å². The Kier molecular flexibility index (Phi) is 8.91. The van der Waals surface area contributed by atoms with E-state index >= 15 is 0 Å². The number of alkyl carbamates (subject to hydrolysis) is 1. The fourth-order valence-electron chi connectivity index (χ4n) is 3.23. The number of pyridine rings is 1. The van der Waals surface area contributed by atoms with Crippen LogP contribution in [0.2, 0.25) is 0 Å². The van der Waals surface area contributed by atoms with Crippen molar-refractivity contribution in [1.29, 1.82) is 0 Å². The number of unbranched alkanes of at least 4 members (excludes halogenated alkanes) is 1. The molecule has 0 aliphatic rings. The van der Waals surface area contributed by atoms with Crippen LogP contribution in [-0.2, 0) is 26.3 Å². The van der Waals surface area contributed by atoms with Crippen molar-refractivity contribution < 1.29 is 22.7 Å². The summed E-state index contributed by atoms with van der Waals surface area (Å²) in [6.45, 7) is 0.189. The van der Waals surface area contributed by atoms with Crippen LogP contribution in [0.1, 0.15) is 24.8 Å². The number of fused-ring (bicyclic) bond motifs is 1. The largest absolute Gasteiger partial charge is 0.445 e. The molecule has 1 atom stereocenters. The maximum absolute atomic E-state index is 12.9. The lowest BCUT2D eigenvalue weighted by Crippen LogP contribution is -2.44. The molecule has 10 nitrogen and oxygen atoms in total. The zero-order chi connectivity index (χ0) is 24.4. The molecule has 0 unspecified atom stereocenters. The van der Waals surface area contributed by atoms with Crippen molar-refractivity contribution in [3.63, 3.8) is 0 Å². The van der Waals surface area contributed by atoms with E-state index in [0.29, 0.717) is 18.5 Å². The van der Waals surface area contributed by atoms with E-state index < -0.39 is 28.3 Å². The second-order valence-electron chi connectivity index (χ2n) is 7.60. The average Bonchev–Trinajstić information content (AvgIpc) is 2.81. The summed E-state index contributed by atoms with van der Waals surface area (Å²) in [5, 5.41) is 11.1. The quantitative estimate of drug-likeness (QED) is 0.306. The Balaban J connectivity index is 1.61. The van der Waals surface area contributed by atoms with Gasteiger partial charge in [-0.05, 0) is 37.0 Å². The Hall–Kier alpha value is -3.54. The van der Waals surface area contributed by atoms with E-state index in [9.17, 15) is 18.0 Å². The highest BCUT2D eigenvalue weighted by molar-refractivity contribution is 7.87. The van der Waals surface area contributed by atoms with Gasteiger partial charge in [-0.2, -0.15) is 8.42 Å². The van der Waals surface area contributed by atoms with Crippen LogP contribution in [0.15, 0.2) is 66.9 Å². The number of nitrogens with two attached hydrogens (primary N) is 1. The molecule has 1 aromatic heterocycles. The molecule has 0 spiro atoms. The Bertz CT molecular complexity index is 1220. The first-order chi connectivity index (χ1) is 16.3. The van der Waals surface area contributed by atoms with Crippen molar-refractivity contribution in [1.82, 2.24) is 15.0 Å². The summed E-state index contributed by atoms with van der Waals surface area (Å²) in [4.78, 5) is 29.6. The van der Waals surface area contributed by atoms with Crippen LogP contribution in [0, 0.1) is 0 Å². The van der Waals surface area contributed by atoms with Gasteiger partial charge in [-0.3, -0.25) is 9.78 Å². The summed E-state index contributed by atoms with van der Waals surface area (Å²) in [5.74, 6) is -0.437. The van der Waals surface area contributed by atoms with Gasteiger partial charge in [-0.15, -0.1) is 0 Å². The Morgan fingerprint density at radius 3 is 2.53 bits per heavy atom. The Morgan fingerprint density at radius 2 is 1.76 bits per heavy atom. The molecule has 180 valence electrons. The monoisotopic (exact) mass is 485 g/mol. The first-order valence-corrected chi connectivity index (χ1v) is 12.2. The highest BCUT2D eigenvalue weighted by atomic mass is 32.2. The zero-order valence-electron chi connectivity index (χ0n) is 18.4. The van der Waals surface area contributed by atoms with Gasteiger partial charge in [0.15, 0.2) is 0 Å². The number of rotatable bonds is 11. The van der Waals surface area contributed by atoms with E-state index in [0.717, 1.165) is 16.5 Å². The van der Waals surface area contributed by atoms with Crippen molar-refractivity contribution in [3.8, 4) is 0 Å². The molecular weight excluding hydrogens is 458 g/mol. The second kappa shape index (κ2) is 12.1. The van der Waals surface area contributed by atoms with Crippen molar-refractivity contribution >= 4 is 38.8 Å². The molecule has 3 rings (SSSR count). The fourth-order valence-corrected chi connectivity index (χ4v) is 3.66. The van der Waals surface area contributed by atoms with Crippen LogP contribution in [-0.4, -0.2) is 38.0 Å². The first kappa shape index (κ1) is 25.1. The number of hydrogen-bond acceptors (Lipinski definition) is 6. The number of benzene rings is 2. The van der Waals surface area contributed by atoms with Crippen molar-refractivity contribution in [2.75, 3.05) is 11.9 Å². The van der Waals surface area contributed by atoms with Crippen LogP contribution >= 0.6 is 0 Å². The lowest BCUT2D eigenvalue weighted by Gasteiger charge is -2.18. The van der Waals surface area contributed by atoms with Crippen LogP contribution in [0.5, 0.6) is 0 Å². The van der Waals surface area contributed by atoms with Crippen LogP contribution in [0.3, 0.4) is 0 Å². The normalized spacial score (nSPS) is 12.1. The highest BCUT2D eigenvalue weighted by Gasteiger charge is 2.22. The van der Waals surface area contributed by atoms with Crippen molar-refractivity contribution in [2.45, 2.75) is 31.9 Å². The van der Waals surface area contributed by atoms with E-state index in [1.54, 1.807) is 12.3 Å². The Labute approximate surface area is 198 Å². The third-order valence-electron chi connectivity index (χ3n) is 4.90. The standard InChI is InChI=1S/C23H27N5O5S/c24-34(31,32)26-13-7-6-12-21(28-23(30)33-16-17-8-2-1-3-9-17)22(29)27-19-14-18-10-4-5-11-20(18)25-15-19/h1-5,8-11,14-15,21,26H,6-7,12-13,16H2,(H,27,29)(H,28,30)(H2,24,31,32)/t21-/m1/s1. The highest BCUT2D eigenvalue weighted by Crippen LogP contribution is 2.17. The maximum atomic E-state index is 12.9. The summed E-state index contributed by atoms with van der Waals surface area (Å²) in [5.41, 5.74) is 2.10. The molecule has 2 amide bonds. The number of carbonyl (C=O) groups is 2. The number of nitrogens with one attached hydrogen (secondary N) is 3. The summed E-state index contributed by atoms with van der Waals surface area (Å²) in [6.07, 6.45) is 1.96. The predicted molar refractivity (Wildman–Crippen MR) is 129 cm³/mol. The van der Waals surface area contributed by atoms with Crippen molar-refractivity contribution in [3.05, 3.63) is 72.4 Å². The number of para-hydroxylation sites is 1. The number of hydrogen-bond donors (Lipinski definition) is 4. The molecule has 0 fully saturated rings. The van der Waals surface area contributed by atoms with Gasteiger partial charge in [0.1, 0.15) is 12.6 Å². The minimum Gasteiger partial charge on any atom is -0.445 e. The van der Waals surface area contributed by atoms with Gasteiger partial charge in [0, 0.05) is 11.9 Å². The first-order valence-electron chi connectivity index (χ1n) is 10.7. The molecule has 0 saturated heterocycles. The fraction of sp³-hybridized carbons (Fsp3) is 0.261. The molecule has 0 saturated carbocycles. The lowest BCUT2D eigenvalue weighted by molar-refractivity contribution is -0.118. The van der Waals surface area contributed by atoms with Gasteiger partial charge in [0.05, 0.1) is 17.4 Å². The molecule has 2 aromatic carbocycles. The number of aromatic nitrogens is 1. The van der Waals surface area contributed by atoms with Gasteiger partial charge >= 0.3 is 6.09 Å². The van der Waals surface area contributed by atoms with E-state index in [2.05, 4.69) is 20.3 Å². The predicted octanol–water partition coefficient (Wildman–Crippen LogP) is 2.43. The van der Waals surface area contributed by atoms with Gasteiger partial charge in [0.2, 0.25) is 5.91 Å². The summed E-state index contributed by atoms with van der Waals surface area (Å²) < 4.78 is 29.4. The molecule has 1 heterocycles. The van der Waals surface area contributed by atoms with E-state index in [1.807, 2.05) is 54.6 Å².